The van der Waals surface area contributed by atoms with Crippen molar-refractivity contribution in [3.05, 3.63) is 94.7 Å². The molecule has 0 saturated heterocycles. The number of benzene rings is 3. The molecule has 0 aliphatic carbocycles. The van der Waals surface area contributed by atoms with Gasteiger partial charge in [0.05, 0.1) is 24.4 Å². The van der Waals surface area contributed by atoms with Crippen molar-refractivity contribution in [2.24, 2.45) is 0 Å². The maximum atomic E-state index is 14.9. The van der Waals surface area contributed by atoms with Crippen molar-refractivity contribution in [3.8, 4) is 11.4 Å². The summed E-state index contributed by atoms with van der Waals surface area (Å²) >= 11 is 0. The van der Waals surface area contributed by atoms with Gasteiger partial charge in [-0.25, -0.2) is 9.37 Å². The van der Waals surface area contributed by atoms with Gasteiger partial charge < -0.3 is 18.9 Å². The Labute approximate surface area is 269 Å². The number of nitrogens with zero attached hydrogens (tertiary/aromatic N) is 2. The van der Waals surface area contributed by atoms with Crippen LogP contribution in [0.5, 0.6) is 0 Å². The number of furan rings is 1. The van der Waals surface area contributed by atoms with Gasteiger partial charge in [-0.2, -0.15) is 0 Å². The first-order valence-corrected chi connectivity index (χ1v) is 18.3. The maximum absolute atomic E-state index is 14.9. The molecule has 2 aromatic heterocycles. The van der Waals surface area contributed by atoms with Gasteiger partial charge in [0.2, 0.25) is 0 Å². The van der Waals surface area contributed by atoms with Crippen LogP contribution >= 0.6 is 0 Å². The molecule has 0 aliphatic rings. The average molecular weight is 644 g/mol. The lowest BCUT2D eigenvalue weighted by atomic mass is 10.0. The Morgan fingerprint density at radius 2 is 1.65 bits per heavy atom. The maximum Gasteiger partial charge on any atom is 0.326 e. The molecule has 1 N–H and O–H groups in total. The van der Waals surface area contributed by atoms with E-state index in [0.717, 1.165) is 32.1 Å². The van der Waals surface area contributed by atoms with E-state index >= 15 is 0 Å². The third-order valence-electron chi connectivity index (χ3n) is 8.42. The topological polar surface area (TPSA) is 95.6 Å². The van der Waals surface area contributed by atoms with E-state index in [2.05, 4.69) is 44.2 Å². The number of aromatic nitrogens is 2. The van der Waals surface area contributed by atoms with Gasteiger partial charge in [0.15, 0.2) is 8.32 Å². The van der Waals surface area contributed by atoms with E-state index in [0.29, 0.717) is 0 Å². The Morgan fingerprint density at radius 1 is 0.978 bits per heavy atom. The second-order valence-corrected chi connectivity index (χ2v) is 18.9. The molecule has 242 valence electrons. The number of anilines is 1. The minimum absolute atomic E-state index is 0.0277. The minimum atomic E-state index is -2.19. The number of ether oxygens (including phenoxy) is 1. The van der Waals surface area contributed by atoms with E-state index in [4.69, 9.17) is 13.6 Å². The molecule has 2 heterocycles. The first-order valence-electron chi connectivity index (χ1n) is 15.4. The standard InChI is InChI=1S/C36H42FN3O5Si/c1-35(2,3)45-32(41)21-40-33(25-14-9-11-15-27(25)37)38-20-28(34(40)42)39-29(22-43-46(7,8)36(4,5)6)23-17-18-31-26(19-23)24-13-10-12-16-30(24)44-31/h9-20,29,39H,21-22H2,1-8H3/t29-/m1/s1. The van der Waals surface area contributed by atoms with Gasteiger partial charge in [-0.3, -0.25) is 14.2 Å². The number of esters is 1. The van der Waals surface area contributed by atoms with Crippen LogP contribution < -0.4 is 10.9 Å². The van der Waals surface area contributed by atoms with Crippen LogP contribution in [0.15, 0.2) is 82.1 Å². The van der Waals surface area contributed by atoms with Crippen molar-refractivity contribution in [2.45, 2.75) is 77.9 Å². The third kappa shape index (κ3) is 7.08. The molecule has 0 fully saturated rings. The van der Waals surface area contributed by atoms with Gasteiger partial charge in [-0.1, -0.05) is 57.2 Å². The highest BCUT2D eigenvalue weighted by Crippen LogP contribution is 2.38. The van der Waals surface area contributed by atoms with Crippen LogP contribution in [0.2, 0.25) is 18.1 Å². The quantitative estimate of drug-likeness (QED) is 0.127. The molecule has 0 radical (unpaired) electrons. The molecular weight excluding hydrogens is 601 g/mol. The predicted molar refractivity (Wildman–Crippen MR) is 183 cm³/mol. The molecule has 1 atom stereocenters. The van der Waals surface area contributed by atoms with Crippen LogP contribution in [0.25, 0.3) is 33.3 Å². The molecule has 0 amide bonds. The van der Waals surface area contributed by atoms with Crippen LogP contribution in [0.3, 0.4) is 0 Å². The molecule has 3 aromatic carbocycles. The normalized spacial score (nSPS) is 13.2. The minimum Gasteiger partial charge on any atom is -0.459 e. The summed E-state index contributed by atoms with van der Waals surface area (Å²) in [5, 5.41) is 5.27. The van der Waals surface area contributed by atoms with Gasteiger partial charge in [0.1, 0.15) is 40.6 Å². The molecular formula is C36H42FN3O5Si. The predicted octanol–water partition coefficient (Wildman–Crippen LogP) is 8.47. The van der Waals surface area contributed by atoms with Crippen LogP contribution in [0, 0.1) is 5.82 Å². The molecule has 0 unspecified atom stereocenters. The molecule has 5 rings (SSSR count). The Hall–Kier alpha value is -4.28. The number of hydrogen-bond donors (Lipinski definition) is 1. The molecule has 10 heteroatoms. The smallest absolute Gasteiger partial charge is 0.326 e. The van der Waals surface area contributed by atoms with Crippen LogP contribution in [0.1, 0.15) is 53.1 Å². The summed E-state index contributed by atoms with van der Waals surface area (Å²) in [6.07, 6.45) is 1.39. The highest BCUT2D eigenvalue weighted by atomic mass is 28.4. The molecule has 0 spiro atoms. The van der Waals surface area contributed by atoms with E-state index < -0.39 is 43.9 Å². The average Bonchev–Trinajstić information content (AvgIpc) is 3.34. The highest BCUT2D eigenvalue weighted by molar-refractivity contribution is 6.74. The Bertz CT molecular complexity index is 1950. The highest BCUT2D eigenvalue weighted by Gasteiger charge is 2.38. The van der Waals surface area contributed by atoms with Crippen LogP contribution in [-0.4, -0.2) is 36.0 Å². The number of rotatable bonds is 9. The van der Waals surface area contributed by atoms with E-state index in [1.807, 2.05) is 42.5 Å². The first kappa shape index (κ1) is 33.1. The Morgan fingerprint density at radius 3 is 2.35 bits per heavy atom. The summed E-state index contributed by atoms with van der Waals surface area (Å²) < 4.78 is 34.3. The number of hydrogen-bond acceptors (Lipinski definition) is 7. The monoisotopic (exact) mass is 643 g/mol. The van der Waals surface area contributed by atoms with Gasteiger partial charge in [-0.15, -0.1) is 0 Å². The van der Waals surface area contributed by atoms with E-state index in [-0.39, 0.29) is 28.7 Å². The lowest BCUT2D eigenvalue weighted by Crippen LogP contribution is -2.42. The summed E-state index contributed by atoms with van der Waals surface area (Å²) in [6.45, 7) is 15.9. The number of carbonyl (C=O) groups is 1. The SMILES string of the molecule is CC(C)(C)OC(=O)Cn1c(-c2ccccc2F)ncc(N[C@H](CO[Si](C)(C)C(C)(C)C)c2ccc3oc4ccccc4c3c2)c1=O. The van der Waals surface area contributed by atoms with Crippen molar-refractivity contribution < 1.29 is 22.8 Å². The Kier molecular flexibility index (Phi) is 8.98. The fourth-order valence-electron chi connectivity index (χ4n) is 4.98. The lowest BCUT2D eigenvalue weighted by molar-refractivity contribution is -0.155. The molecule has 5 aromatic rings. The van der Waals surface area contributed by atoms with E-state index in [1.165, 1.54) is 18.3 Å². The molecule has 46 heavy (non-hydrogen) atoms. The molecule has 0 aliphatic heterocycles. The second-order valence-electron chi connectivity index (χ2n) is 14.1. The van der Waals surface area contributed by atoms with Crippen LogP contribution in [-0.2, 0) is 20.5 Å². The molecule has 0 bridgehead atoms. The summed E-state index contributed by atoms with van der Waals surface area (Å²) in [4.78, 5) is 31.6. The number of halogens is 1. The second kappa shape index (κ2) is 12.5. The van der Waals surface area contributed by atoms with Gasteiger partial charge in [0.25, 0.3) is 5.56 Å². The van der Waals surface area contributed by atoms with E-state index in [1.54, 1.807) is 32.9 Å². The summed E-state index contributed by atoms with van der Waals surface area (Å²) in [5.74, 6) is -1.17. The number of fused-ring (bicyclic) bond motifs is 3. The zero-order chi connectivity index (χ0) is 33.4. The van der Waals surface area contributed by atoms with Gasteiger partial charge >= 0.3 is 5.97 Å². The first-order chi connectivity index (χ1) is 21.5. The summed E-state index contributed by atoms with van der Waals surface area (Å²) in [7, 11) is -2.19. The van der Waals surface area contributed by atoms with Gasteiger partial charge in [-0.05, 0) is 74.8 Å². The zero-order valence-corrected chi connectivity index (χ0v) is 28.7. The third-order valence-corrected chi connectivity index (χ3v) is 12.9. The molecule has 8 nitrogen and oxygen atoms in total. The van der Waals surface area contributed by atoms with Crippen molar-refractivity contribution in [2.75, 3.05) is 11.9 Å². The van der Waals surface area contributed by atoms with E-state index in [9.17, 15) is 14.0 Å². The summed E-state index contributed by atoms with van der Waals surface area (Å²) in [5.41, 5.74) is 1.36. The lowest BCUT2D eigenvalue weighted by Gasteiger charge is -2.37. The summed E-state index contributed by atoms with van der Waals surface area (Å²) in [6, 6.07) is 19.3. The number of para-hydroxylation sites is 1. The van der Waals surface area contributed by atoms with Crippen molar-refractivity contribution in [1.29, 1.82) is 0 Å². The Balaban J connectivity index is 1.59. The largest absolute Gasteiger partial charge is 0.459 e. The molecule has 0 saturated carbocycles. The number of carbonyl (C=O) groups excluding carboxylic acids is 1. The number of nitrogens with one attached hydrogen (secondary N) is 1. The fourth-order valence-corrected chi connectivity index (χ4v) is 5.99. The zero-order valence-electron chi connectivity index (χ0n) is 27.7. The van der Waals surface area contributed by atoms with Crippen LogP contribution in [0.4, 0.5) is 10.1 Å². The van der Waals surface area contributed by atoms with Crippen molar-refractivity contribution in [3.63, 3.8) is 0 Å². The van der Waals surface area contributed by atoms with Crippen molar-refractivity contribution in [1.82, 2.24) is 9.55 Å². The van der Waals surface area contributed by atoms with Crippen molar-refractivity contribution >= 4 is 41.9 Å². The van der Waals surface area contributed by atoms with Gasteiger partial charge in [0, 0.05) is 10.8 Å². The fraction of sp³-hybridized carbons (Fsp3) is 0.361.